The molecule has 1 nitrogen and oxygen atoms in total. The van der Waals surface area contributed by atoms with Crippen molar-refractivity contribution in [2.24, 2.45) is 11.8 Å². The van der Waals surface area contributed by atoms with Gasteiger partial charge in [-0.1, -0.05) is 46.3 Å². The molecule has 3 aliphatic rings. The molecule has 0 bridgehead atoms. The van der Waals surface area contributed by atoms with Crippen molar-refractivity contribution in [3.05, 3.63) is 34.9 Å². The molecule has 1 aliphatic heterocycles. The van der Waals surface area contributed by atoms with Gasteiger partial charge in [-0.2, -0.15) is 0 Å². The highest BCUT2D eigenvalue weighted by atomic mass is 79.9. The first-order valence-corrected chi connectivity index (χ1v) is 5.99. The van der Waals surface area contributed by atoms with E-state index in [1.54, 1.807) is 0 Å². The second-order valence-corrected chi connectivity index (χ2v) is 5.26. The highest BCUT2D eigenvalue weighted by Crippen LogP contribution is 2.44. The van der Waals surface area contributed by atoms with Gasteiger partial charge in [0.05, 0.1) is 12.2 Å². The van der Waals surface area contributed by atoms with E-state index in [0.29, 0.717) is 24.0 Å². The number of rotatable bonds is 0. The number of hydrogen-bond acceptors (Lipinski definition) is 1. The van der Waals surface area contributed by atoms with Crippen LogP contribution in [-0.4, -0.2) is 12.2 Å². The molecule has 0 aromatic heterocycles. The Labute approximate surface area is 92.6 Å². The predicted octanol–water partition coefficient (Wildman–Crippen LogP) is 3.18. The van der Waals surface area contributed by atoms with Crippen LogP contribution in [0.2, 0.25) is 0 Å². The molecule has 1 saturated heterocycles. The number of halogens is 1. The van der Waals surface area contributed by atoms with Gasteiger partial charge in [-0.25, -0.2) is 0 Å². The first-order chi connectivity index (χ1) is 6.84. The highest BCUT2D eigenvalue weighted by molar-refractivity contribution is 9.11. The van der Waals surface area contributed by atoms with Crippen LogP contribution in [0.1, 0.15) is 12.8 Å². The summed E-state index contributed by atoms with van der Waals surface area (Å²) in [5.41, 5.74) is 0. The molecule has 0 aromatic carbocycles. The third-order valence-corrected chi connectivity index (χ3v) is 4.08. The summed E-state index contributed by atoms with van der Waals surface area (Å²) in [5.74, 6) is 1.28. The van der Waals surface area contributed by atoms with Gasteiger partial charge in [0, 0.05) is 5.92 Å². The zero-order valence-electron chi connectivity index (χ0n) is 7.90. The van der Waals surface area contributed by atoms with E-state index < -0.39 is 0 Å². The van der Waals surface area contributed by atoms with Crippen LogP contribution in [0.25, 0.3) is 0 Å². The first kappa shape index (κ1) is 8.93. The lowest BCUT2D eigenvalue weighted by Gasteiger charge is -2.24. The molecule has 4 atom stereocenters. The lowest BCUT2D eigenvalue weighted by Crippen LogP contribution is -2.23. The molecular weight excluding hydrogens is 240 g/mol. The van der Waals surface area contributed by atoms with E-state index in [1.807, 2.05) is 0 Å². The average Bonchev–Trinajstić information content (AvgIpc) is 2.56. The molecule has 1 heterocycles. The predicted molar refractivity (Wildman–Crippen MR) is 60.2 cm³/mol. The molecule has 0 radical (unpaired) electrons. The normalized spacial score (nSPS) is 44.5. The van der Waals surface area contributed by atoms with E-state index in [9.17, 15) is 0 Å². The van der Waals surface area contributed by atoms with Crippen LogP contribution >= 0.6 is 15.9 Å². The third-order valence-electron chi connectivity index (χ3n) is 3.43. The average molecular weight is 253 g/mol. The Morgan fingerprint density at radius 1 is 1.29 bits per heavy atom. The smallest absolute Gasteiger partial charge is 0.0829 e. The van der Waals surface area contributed by atoms with Crippen LogP contribution < -0.4 is 0 Å². The van der Waals surface area contributed by atoms with Gasteiger partial charge in [-0.15, -0.1) is 0 Å². The first-order valence-electron chi connectivity index (χ1n) is 5.19. The molecule has 74 valence electrons. The van der Waals surface area contributed by atoms with Crippen LogP contribution in [0.5, 0.6) is 0 Å². The Bertz CT molecular complexity index is 329. The van der Waals surface area contributed by atoms with Crippen molar-refractivity contribution >= 4 is 15.9 Å². The minimum atomic E-state index is 0.335. The molecule has 2 heteroatoms. The van der Waals surface area contributed by atoms with Crippen molar-refractivity contribution in [2.45, 2.75) is 25.0 Å². The van der Waals surface area contributed by atoms with Gasteiger partial charge in [-0.05, 0) is 23.2 Å². The Balaban J connectivity index is 1.88. The van der Waals surface area contributed by atoms with Crippen LogP contribution in [0.4, 0.5) is 0 Å². The van der Waals surface area contributed by atoms with Crippen molar-refractivity contribution in [1.82, 2.24) is 0 Å². The fourth-order valence-corrected chi connectivity index (χ4v) is 3.29. The quantitative estimate of drug-likeness (QED) is 0.644. The van der Waals surface area contributed by atoms with Crippen LogP contribution in [0.15, 0.2) is 34.9 Å². The van der Waals surface area contributed by atoms with Gasteiger partial charge in [-0.3, -0.25) is 0 Å². The van der Waals surface area contributed by atoms with Gasteiger partial charge < -0.3 is 4.74 Å². The van der Waals surface area contributed by atoms with Crippen LogP contribution in [0.3, 0.4) is 0 Å². The van der Waals surface area contributed by atoms with E-state index in [0.717, 1.165) is 12.8 Å². The summed E-state index contributed by atoms with van der Waals surface area (Å²) in [5, 5.41) is 0. The van der Waals surface area contributed by atoms with Gasteiger partial charge in [0.15, 0.2) is 0 Å². The van der Waals surface area contributed by atoms with Crippen molar-refractivity contribution in [1.29, 1.82) is 0 Å². The minimum Gasteiger partial charge on any atom is -0.370 e. The summed E-state index contributed by atoms with van der Waals surface area (Å²) in [4.78, 5) is 0. The topological polar surface area (TPSA) is 9.23 Å². The van der Waals surface area contributed by atoms with Crippen molar-refractivity contribution in [3.63, 3.8) is 0 Å². The zero-order chi connectivity index (χ0) is 9.54. The number of fused-ring (bicyclic) bond motifs is 3. The highest BCUT2D eigenvalue weighted by Gasteiger charge is 2.43. The Morgan fingerprint density at radius 2 is 2.14 bits per heavy atom. The lowest BCUT2D eigenvalue weighted by molar-refractivity contribution is 0.0550. The van der Waals surface area contributed by atoms with Crippen molar-refractivity contribution in [3.8, 4) is 0 Å². The van der Waals surface area contributed by atoms with Gasteiger partial charge >= 0.3 is 0 Å². The van der Waals surface area contributed by atoms with Gasteiger partial charge in [0.2, 0.25) is 0 Å². The summed E-state index contributed by atoms with van der Waals surface area (Å²) < 4.78 is 7.37. The van der Waals surface area contributed by atoms with Gasteiger partial charge in [0.25, 0.3) is 0 Å². The van der Waals surface area contributed by atoms with Crippen LogP contribution in [-0.2, 0) is 4.74 Å². The van der Waals surface area contributed by atoms with Crippen molar-refractivity contribution in [2.75, 3.05) is 0 Å². The molecule has 3 rings (SSSR count). The monoisotopic (exact) mass is 252 g/mol. The summed E-state index contributed by atoms with van der Waals surface area (Å²) in [6, 6.07) is 0. The summed E-state index contributed by atoms with van der Waals surface area (Å²) in [6.07, 6.45) is 14.0. The fraction of sp³-hybridized carbons (Fsp3) is 0.500. The minimum absolute atomic E-state index is 0.335. The van der Waals surface area contributed by atoms with Crippen LogP contribution in [0, 0.1) is 11.8 Å². The van der Waals surface area contributed by atoms with E-state index >= 15 is 0 Å². The Kier molecular flexibility index (Phi) is 2.14. The third kappa shape index (κ3) is 1.32. The number of ether oxygens (including phenoxy) is 1. The molecule has 4 unspecified atom stereocenters. The molecule has 2 aliphatic carbocycles. The number of allylic oxidation sites excluding steroid dienone is 3. The zero-order valence-corrected chi connectivity index (χ0v) is 9.48. The Morgan fingerprint density at radius 3 is 3.07 bits per heavy atom. The van der Waals surface area contributed by atoms with E-state index in [-0.39, 0.29) is 0 Å². The molecule has 0 amide bonds. The molecule has 1 fully saturated rings. The standard InChI is InChI=1S/C12H13BrO/c13-8-5-6-12-10(7-8)9-3-1-2-4-11(9)14-12/h1-5,9-12H,6-7H2. The summed E-state index contributed by atoms with van der Waals surface area (Å²) in [7, 11) is 0. The molecule has 14 heavy (non-hydrogen) atoms. The van der Waals surface area contributed by atoms with E-state index in [1.165, 1.54) is 4.48 Å². The maximum absolute atomic E-state index is 6.01. The summed E-state index contributed by atoms with van der Waals surface area (Å²) >= 11 is 3.60. The maximum Gasteiger partial charge on any atom is 0.0829 e. The molecule has 0 saturated carbocycles. The van der Waals surface area contributed by atoms with Gasteiger partial charge in [0.1, 0.15) is 0 Å². The SMILES string of the molecule is BrC1=CCC2OC3C=CC=CC3C2C1. The Hall–Kier alpha value is -0.340. The lowest BCUT2D eigenvalue weighted by atomic mass is 9.80. The van der Waals surface area contributed by atoms with E-state index in [4.69, 9.17) is 4.74 Å². The van der Waals surface area contributed by atoms with Crippen molar-refractivity contribution < 1.29 is 4.74 Å². The molecule has 0 N–H and O–H groups in total. The van der Waals surface area contributed by atoms with E-state index in [2.05, 4.69) is 46.3 Å². The molecular formula is C12H13BrO. The maximum atomic E-state index is 6.01. The molecule has 0 spiro atoms. The largest absolute Gasteiger partial charge is 0.370 e. The molecule has 0 aromatic rings. The fourth-order valence-electron chi connectivity index (χ4n) is 2.73. The second kappa shape index (κ2) is 3.35. The summed E-state index contributed by atoms with van der Waals surface area (Å²) in [6.45, 7) is 0. The second-order valence-electron chi connectivity index (χ2n) is 4.24. The number of hydrogen-bond donors (Lipinski definition) is 0.